The number of nitrogens with one attached hydrogen (secondary N) is 2. The number of aromatic nitrogens is 2. The summed E-state index contributed by atoms with van der Waals surface area (Å²) in [6.45, 7) is 1.72. The number of esters is 1. The summed E-state index contributed by atoms with van der Waals surface area (Å²) in [7, 11) is 1.32. The van der Waals surface area contributed by atoms with Gasteiger partial charge in [0.1, 0.15) is 0 Å². The maximum absolute atomic E-state index is 12.4. The minimum Gasteiger partial charge on any atom is -0.465 e. The second kappa shape index (κ2) is 8.54. The summed E-state index contributed by atoms with van der Waals surface area (Å²) in [5.41, 5.74) is 2.63. The van der Waals surface area contributed by atoms with Crippen molar-refractivity contribution in [1.82, 2.24) is 14.5 Å². The number of hydrogen-bond donors (Lipinski definition) is 2. The van der Waals surface area contributed by atoms with Crippen LogP contribution in [0.4, 0.5) is 5.69 Å². The standard InChI is InChI=1S/C22H24N4O4/c1-30-21(28)15-5-4-6-16(13-15)23-20(27)14-25-11-9-17(10-12-25)26-19-8-3-2-7-18(19)24-22(26)29/h2-8,13,17H,9-12,14H2,1H3,(H,23,27)(H,24,29). The van der Waals surface area contributed by atoms with E-state index < -0.39 is 5.97 Å². The zero-order chi connectivity index (χ0) is 21.1. The molecule has 156 valence electrons. The molecule has 8 nitrogen and oxygen atoms in total. The van der Waals surface area contributed by atoms with Gasteiger partial charge in [-0.25, -0.2) is 9.59 Å². The Balaban J connectivity index is 1.35. The van der Waals surface area contributed by atoms with Crippen LogP contribution < -0.4 is 11.0 Å². The number of anilines is 1. The maximum atomic E-state index is 12.4. The summed E-state index contributed by atoms with van der Waals surface area (Å²) in [6.07, 6.45) is 1.60. The van der Waals surface area contributed by atoms with Crippen LogP contribution in [0.3, 0.4) is 0 Å². The van der Waals surface area contributed by atoms with Gasteiger partial charge in [-0.1, -0.05) is 18.2 Å². The number of likely N-dealkylation sites (tertiary alicyclic amines) is 1. The van der Waals surface area contributed by atoms with E-state index in [1.54, 1.807) is 24.3 Å². The van der Waals surface area contributed by atoms with Crippen molar-refractivity contribution >= 4 is 28.6 Å². The Kier molecular flexibility index (Phi) is 5.67. The Morgan fingerprint density at radius 1 is 1.13 bits per heavy atom. The molecule has 30 heavy (non-hydrogen) atoms. The number of carbonyl (C=O) groups excluding carboxylic acids is 2. The molecule has 2 N–H and O–H groups in total. The van der Waals surface area contributed by atoms with Gasteiger partial charge in [0.2, 0.25) is 5.91 Å². The van der Waals surface area contributed by atoms with Crippen molar-refractivity contribution in [2.24, 2.45) is 0 Å². The highest BCUT2D eigenvalue weighted by Gasteiger charge is 2.24. The van der Waals surface area contributed by atoms with Crippen LogP contribution in [0.5, 0.6) is 0 Å². The number of imidazole rings is 1. The third-order valence-corrected chi connectivity index (χ3v) is 5.48. The molecule has 4 rings (SSSR count). The third-order valence-electron chi connectivity index (χ3n) is 5.48. The van der Waals surface area contributed by atoms with E-state index in [0.717, 1.165) is 37.0 Å². The number of aromatic amines is 1. The molecule has 1 aromatic heterocycles. The van der Waals surface area contributed by atoms with Crippen LogP contribution in [-0.2, 0) is 9.53 Å². The SMILES string of the molecule is COC(=O)c1cccc(NC(=O)CN2CCC(n3c(=O)[nH]c4ccccc43)CC2)c1. The van der Waals surface area contributed by atoms with E-state index in [1.165, 1.54) is 7.11 Å². The highest BCUT2D eigenvalue weighted by molar-refractivity contribution is 5.95. The van der Waals surface area contributed by atoms with Gasteiger partial charge >= 0.3 is 11.7 Å². The van der Waals surface area contributed by atoms with E-state index in [1.807, 2.05) is 28.8 Å². The number of rotatable bonds is 5. The predicted molar refractivity (Wildman–Crippen MR) is 114 cm³/mol. The second-order valence-corrected chi connectivity index (χ2v) is 7.45. The number of hydrogen-bond acceptors (Lipinski definition) is 5. The minimum absolute atomic E-state index is 0.0853. The number of piperidine rings is 1. The van der Waals surface area contributed by atoms with Crippen LogP contribution in [0, 0.1) is 0 Å². The molecule has 1 aliphatic heterocycles. The number of benzene rings is 2. The average Bonchev–Trinajstić information content (AvgIpc) is 3.09. The summed E-state index contributed by atoms with van der Waals surface area (Å²) in [4.78, 5) is 41.5. The van der Waals surface area contributed by atoms with E-state index in [-0.39, 0.29) is 24.2 Å². The quantitative estimate of drug-likeness (QED) is 0.632. The van der Waals surface area contributed by atoms with Crippen LogP contribution in [0.15, 0.2) is 53.3 Å². The summed E-state index contributed by atoms with van der Waals surface area (Å²) in [6, 6.07) is 14.5. The van der Waals surface area contributed by atoms with Crippen LogP contribution in [0.1, 0.15) is 29.2 Å². The summed E-state index contributed by atoms with van der Waals surface area (Å²) in [5.74, 6) is -0.583. The Labute approximate surface area is 173 Å². The number of carbonyl (C=O) groups is 2. The van der Waals surface area contributed by atoms with Gasteiger partial charge in [0.05, 0.1) is 30.3 Å². The monoisotopic (exact) mass is 408 g/mol. The zero-order valence-corrected chi connectivity index (χ0v) is 16.8. The molecule has 1 amide bonds. The minimum atomic E-state index is -0.444. The summed E-state index contributed by atoms with van der Waals surface area (Å²) < 4.78 is 6.55. The van der Waals surface area contributed by atoms with Crippen molar-refractivity contribution in [3.05, 3.63) is 64.6 Å². The molecular formula is C22H24N4O4. The Morgan fingerprint density at radius 3 is 2.67 bits per heavy atom. The normalized spacial score (nSPS) is 15.2. The molecule has 0 unspecified atom stereocenters. The van der Waals surface area contributed by atoms with Gasteiger partial charge in [-0.15, -0.1) is 0 Å². The van der Waals surface area contributed by atoms with E-state index in [9.17, 15) is 14.4 Å². The van der Waals surface area contributed by atoms with Gasteiger partial charge in [0.25, 0.3) is 0 Å². The van der Waals surface area contributed by atoms with Gasteiger partial charge in [-0.3, -0.25) is 14.3 Å². The molecule has 0 saturated carbocycles. The average molecular weight is 408 g/mol. The lowest BCUT2D eigenvalue weighted by atomic mass is 10.0. The lowest BCUT2D eigenvalue weighted by molar-refractivity contribution is -0.117. The van der Waals surface area contributed by atoms with E-state index in [4.69, 9.17) is 4.74 Å². The molecule has 0 aliphatic carbocycles. The summed E-state index contributed by atoms with van der Waals surface area (Å²) >= 11 is 0. The number of methoxy groups -OCH3 is 1. The molecule has 0 spiro atoms. The number of ether oxygens (including phenoxy) is 1. The molecular weight excluding hydrogens is 384 g/mol. The van der Waals surface area contributed by atoms with Gasteiger partial charge in [-0.05, 0) is 43.2 Å². The number of fused-ring (bicyclic) bond motifs is 1. The number of H-pyrrole nitrogens is 1. The van der Waals surface area contributed by atoms with Gasteiger partial charge in [0.15, 0.2) is 0 Å². The second-order valence-electron chi connectivity index (χ2n) is 7.45. The van der Waals surface area contributed by atoms with Crippen molar-refractivity contribution in [3.8, 4) is 0 Å². The van der Waals surface area contributed by atoms with Crippen molar-refractivity contribution < 1.29 is 14.3 Å². The van der Waals surface area contributed by atoms with Crippen LogP contribution in [0.25, 0.3) is 11.0 Å². The third kappa shape index (κ3) is 4.13. The van der Waals surface area contributed by atoms with Gasteiger partial charge in [0, 0.05) is 24.8 Å². The predicted octanol–water partition coefficient (Wildman–Crippen LogP) is 2.39. The number of nitrogens with zero attached hydrogens (tertiary/aromatic N) is 2. The number of para-hydroxylation sites is 2. The van der Waals surface area contributed by atoms with Gasteiger partial charge < -0.3 is 15.0 Å². The molecule has 0 atom stereocenters. The molecule has 0 radical (unpaired) electrons. The molecule has 1 aliphatic rings. The molecule has 0 bridgehead atoms. The molecule has 3 aromatic rings. The Morgan fingerprint density at radius 2 is 1.90 bits per heavy atom. The Bertz CT molecular complexity index is 1130. The van der Waals surface area contributed by atoms with Crippen molar-refractivity contribution in [3.63, 3.8) is 0 Å². The fraction of sp³-hybridized carbons (Fsp3) is 0.318. The lowest BCUT2D eigenvalue weighted by Gasteiger charge is -2.32. The topological polar surface area (TPSA) is 96.4 Å². The van der Waals surface area contributed by atoms with E-state index >= 15 is 0 Å². The van der Waals surface area contributed by atoms with E-state index in [0.29, 0.717) is 11.3 Å². The molecule has 1 saturated heterocycles. The van der Waals surface area contributed by atoms with Crippen LogP contribution >= 0.6 is 0 Å². The maximum Gasteiger partial charge on any atom is 0.337 e. The van der Waals surface area contributed by atoms with Crippen LogP contribution in [-0.4, -0.2) is 53.1 Å². The van der Waals surface area contributed by atoms with Crippen molar-refractivity contribution in [1.29, 1.82) is 0 Å². The highest BCUT2D eigenvalue weighted by atomic mass is 16.5. The fourth-order valence-corrected chi connectivity index (χ4v) is 4.02. The first-order chi connectivity index (χ1) is 14.5. The van der Waals surface area contributed by atoms with Crippen molar-refractivity contribution in [2.45, 2.75) is 18.9 Å². The highest BCUT2D eigenvalue weighted by Crippen LogP contribution is 2.24. The van der Waals surface area contributed by atoms with Gasteiger partial charge in [-0.2, -0.15) is 0 Å². The number of amides is 1. The molecule has 2 heterocycles. The fourth-order valence-electron chi connectivity index (χ4n) is 4.02. The molecule has 2 aromatic carbocycles. The van der Waals surface area contributed by atoms with E-state index in [2.05, 4.69) is 15.2 Å². The van der Waals surface area contributed by atoms with Crippen LogP contribution in [0.2, 0.25) is 0 Å². The molecule has 1 fully saturated rings. The first kappa shape index (κ1) is 19.9. The lowest BCUT2D eigenvalue weighted by Crippen LogP contribution is -2.41. The Hall–Kier alpha value is -3.39. The smallest absolute Gasteiger partial charge is 0.337 e. The largest absolute Gasteiger partial charge is 0.465 e. The zero-order valence-electron chi connectivity index (χ0n) is 16.8. The summed E-state index contributed by atoms with van der Waals surface area (Å²) in [5, 5.41) is 2.83. The first-order valence-electron chi connectivity index (χ1n) is 9.95. The molecule has 8 heteroatoms. The van der Waals surface area contributed by atoms with Crippen molar-refractivity contribution in [2.75, 3.05) is 32.1 Å². The first-order valence-corrected chi connectivity index (χ1v) is 9.95.